The van der Waals surface area contributed by atoms with Crippen molar-refractivity contribution in [3.05, 3.63) is 28.8 Å². The molecule has 0 saturated carbocycles. The first-order valence-electron chi connectivity index (χ1n) is 5.65. The summed E-state index contributed by atoms with van der Waals surface area (Å²) in [6, 6.07) is 5.67. The van der Waals surface area contributed by atoms with Gasteiger partial charge in [0, 0.05) is 5.56 Å². The molecule has 0 aliphatic heterocycles. The van der Waals surface area contributed by atoms with Crippen molar-refractivity contribution < 1.29 is 4.74 Å². The lowest BCUT2D eigenvalue weighted by molar-refractivity contribution is 0.250. The fourth-order valence-corrected chi connectivity index (χ4v) is 2.08. The minimum absolute atomic E-state index is 0.429. The third-order valence-corrected chi connectivity index (χ3v) is 3.07. The zero-order chi connectivity index (χ0) is 12.0. The van der Waals surface area contributed by atoms with Crippen LogP contribution in [0.3, 0.4) is 0 Å². The Balaban J connectivity index is 2.65. The predicted octanol–water partition coefficient (Wildman–Crippen LogP) is 4.89. The van der Waals surface area contributed by atoms with E-state index in [1.165, 1.54) is 12.8 Å². The number of ether oxygens (including phenoxy) is 1. The van der Waals surface area contributed by atoms with Gasteiger partial charge in [-0.2, -0.15) is 0 Å². The molecule has 16 heavy (non-hydrogen) atoms. The van der Waals surface area contributed by atoms with Crippen LogP contribution in [0, 0.1) is 5.92 Å². The lowest BCUT2D eigenvalue weighted by atomic mass is 10.1. The molecule has 0 radical (unpaired) electrons. The van der Waals surface area contributed by atoms with Crippen LogP contribution in [-0.4, -0.2) is 6.61 Å². The molecule has 0 heterocycles. The van der Waals surface area contributed by atoms with Gasteiger partial charge < -0.3 is 4.74 Å². The van der Waals surface area contributed by atoms with Gasteiger partial charge in [-0.1, -0.05) is 44.0 Å². The fourth-order valence-electron chi connectivity index (χ4n) is 1.62. The van der Waals surface area contributed by atoms with Gasteiger partial charge in [0.05, 0.1) is 17.5 Å². The summed E-state index contributed by atoms with van der Waals surface area (Å²) in [5, 5.41) is 0.641. The van der Waals surface area contributed by atoms with Crippen molar-refractivity contribution in [1.82, 2.24) is 0 Å². The largest absolute Gasteiger partial charge is 0.491 e. The van der Waals surface area contributed by atoms with E-state index in [0.29, 0.717) is 23.4 Å². The van der Waals surface area contributed by atoms with Crippen LogP contribution < -0.4 is 4.74 Å². The molecule has 1 aromatic carbocycles. The number of hydrogen-bond acceptors (Lipinski definition) is 1. The molecule has 1 nitrogen and oxygen atoms in total. The number of alkyl halides is 1. The molecule has 1 rings (SSSR count). The van der Waals surface area contributed by atoms with Crippen molar-refractivity contribution in [1.29, 1.82) is 0 Å². The molecule has 1 unspecified atom stereocenters. The van der Waals surface area contributed by atoms with Crippen molar-refractivity contribution in [2.45, 2.75) is 32.6 Å². The maximum Gasteiger partial charge on any atom is 0.142 e. The normalized spacial score (nSPS) is 12.5. The van der Waals surface area contributed by atoms with E-state index in [4.69, 9.17) is 27.9 Å². The van der Waals surface area contributed by atoms with Crippen LogP contribution in [0.2, 0.25) is 5.02 Å². The van der Waals surface area contributed by atoms with E-state index in [0.717, 1.165) is 11.3 Å². The molecule has 0 saturated heterocycles. The Hall–Kier alpha value is -0.400. The summed E-state index contributed by atoms with van der Waals surface area (Å²) < 4.78 is 5.76. The molecule has 0 fully saturated rings. The molecule has 3 heteroatoms. The second kappa shape index (κ2) is 7.03. The van der Waals surface area contributed by atoms with Gasteiger partial charge in [0.25, 0.3) is 0 Å². The van der Waals surface area contributed by atoms with Crippen LogP contribution in [0.5, 0.6) is 5.75 Å². The average Bonchev–Trinajstić information content (AvgIpc) is 2.27. The van der Waals surface area contributed by atoms with Crippen LogP contribution in [0.4, 0.5) is 0 Å². The van der Waals surface area contributed by atoms with Crippen LogP contribution in [0.25, 0.3) is 0 Å². The van der Waals surface area contributed by atoms with E-state index in [9.17, 15) is 0 Å². The second-order valence-electron chi connectivity index (χ2n) is 4.07. The number of benzene rings is 1. The number of halogens is 2. The van der Waals surface area contributed by atoms with Crippen molar-refractivity contribution in [3.63, 3.8) is 0 Å². The summed E-state index contributed by atoms with van der Waals surface area (Å²) in [4.78, 5) is 0. The first-order valence-corrected chi connectivity index (χ1v) is 6.56. The molecule has 0 N–H and O–H groups in total. The van der Waals surface area contributed by atoms with Gasteiger partial charge in [-0.3, -0.25) is 0 Å². The standard InChI is InChI=1S/C13H18Cl2O/c1-3-5-10(2)9-16-13-11(8-14)6-4-7-12(13)15/h4,6-7,10H,3,5,8-9H2,1-2H3. The van der Waals surface area contributed by atoms with E-state index >= 15 is 0 Å². The number of para-hydroxylation sites is 1. The highest BCUT2D eigenvalue weighted by molar-refractivity contribution is 6.32. The van der Waals surface area contributed by atoms with Gasteiger partial charge >= 0.3 is 0 Å². The Morgan fingerprint density at radius 1 is 1.38 bits per heavy atom. The van der Waals surface area contributed by atoms with Crippen molar-refractivity contribution >= 4 is 23.2 Å². The lowest BCUT2D eigenvalue weighted by Gasteiger charge is -2.15. The number of hydrogen-bond donors (Lipinski definition) is 0. The van der Waals surface area contributed by atoms with Crippen LogP contribution in [0.1, 0.15) is 32.3 Å². The van der Waals surface area contributed by atoms with Crippen LogP contribution in [0.15, 0.2) is 18.2 Å². The van der Waals surface area contributed by atoms with Crippen molar-refractivity contribution in [2.75, 3.05) is 6.61 Å². The minimum Gasteiger partial charge on any atom is -0.491 e. The molecule has 0 aromatic heterocycles. The lowest BCUT2D eigenvalue weighted by Crippen LogP contribution is -2.09. The van der Waals surface area contributed by atoms with Crippen LogP contribution in [-0.2, 0) is 5.88 Å². The van der Waals surface area contributed by atoms with Gasteiger partial charge in [0.2, 0.25) is 0 Å². The highest BCUT2D eigenvalue weighted by Gasteiger charge is 2.09. The van der Waals surface area contributed by atoms with E-state index in [2.05, 4.69) is 13.8 Å². The minimum atomic E-state index is 0.429. The Bertz CT molecular complexity index is 326. The summed E-state index contributed by atoms with van der Waals surface area (Å²) in [7, 11) is 0. The molecule has 1 aromatic rings. The zero-order valence-electron chi connectivity index (χ0n) is 9.80. The smallest absolute Gasteiger partial charge is 0.142 e. The maximum absolute atomic E-state index is 6.09. The zero-order valence-corrected chi connectivity index (χ0v) is 11.3. The third-order valence-electron chi connectivity index (χ3n) is 2.49. The fraction of sp³-hybridized carbons (Fsp3) is 0.538. The van der Waals surface area contributed by atoms with Gasteiger partial charge in [-0.25, -0.2) is 0 Å². The highest BCUT2D eigenvalue weighted by Crippen LogP contribution is 2.30. The van der Waals surface area contributed by atoms with E-state index in [-0.39, 0.29) is 0 Å². The molecule has 90 valence electrons. The topological polar surface area (TPSA) is 9.23 Å². The molecule has 0 spiro atoms. The summed E-state index contributed by atoms with van der Waals surface area (Å²) >= 11 is 11.9. The third kappa shape index (κ3) is 3.88. The summed E-state index contributed by atoms with van der Waals surface area (Å²) in [5.41, 5.74) is 0.956. The molecule has 1 atom stereocenters. The van der Waals surface area contributed by atoms with E-state index in [1.807, 2.05) is 18.2 Å². The summed E-state index contributed by atoms with van der Waals surface area (Å²) in [6.07, 6.45) is 2.34. The quantitative estimate of drug-likeness (QED) is 0.662. The Kier molecular flexibility index (Phi) is 6.00. The van der Waals surface area contributed by atoms with Gasteiger partial charge in [0.1, 0.15) is 5.75 Å². The SMILES string of the molecule is CCCC(C)COc1c(Cl)cccc1CCl. The van der Waals surface area contributed by atoms with E-state index < -0.39 is 0 Å². The first kappa shape index (κ1) is 13.7. The van der Waals surface area contributed by atoms with Crippen molar-refractivity contribution in [3.8, 4) is 5.75 Å². The van der Waals surface area contributed by atoms with Gasteiger partial charge in [-0.15, -0.1) is 11.6 Å². The molecular formula is C13H18Cl2O. The highest BCUT2D eigenvalue weighted by atomic mass is 35.5. The molecule has 0 aliphatic rings. The van der Waals surface area contributed by atoms with Gasteiger partial charge in [0.15, 0.2) is 0 Å². The van der Waals surface area contributed by atoms with Crippen molar-refractivity contribution in [2.24, 2.45) is 5.92 Å². The predicted molar refractivity (Wildman–Crippen MR) is 70.6 cm³/mol. The Labute approximate surface area is 108 Å². The summed E-state index contributed by atoms with van der Waals surface area (Å²) in [6.45, 7) is 5.05. The number of rotatable bonds is 6. The average molecular weight is 261 g/mol. The second-order valence-corrected chi connectivity index (χ2v) is 4.74. The molecule has 0 amide bonds. The summed E-state index contributed by atoms with van der Waals surface area (Å²) in [5.74, 6) is 1.71. The molecular weight excluding hydrogens is 243 g/mol. The monoisotopic (exact) mass is 260 g/mol. The van der Waals surface area contributed by atoms with Gasteiger partial charge in [-0.05, 0) is 18.4 Å². The molecule has 0 aliphatic carbocycles. The molecule has 0 bridgehead atoms. The van der Waals surface area contributed by atoms with Crippen LogP contribution >= 0.6 is 23.2 Å². The maximum atomic E-state index is 6.09. The Morgan fingerprint density at radius 2 is 2.12 bits per heavy atom. The van der Waals surface area contributed by atoms with E-state index in [1.54, 1.807) is 0 Å². The Morgan fingerprint density at radius 3 is 2.75 bits per heavy atom. The first-order chi connectivity index (χ1) is 7.69.